The average molecular weight is 540 g/mol. The van der Waals surface area contributed by atoms with E-state index in [1.165, 1.54) is 12.1 Å². The SMILES string of the molecule is CCCN(CCC)C(=O)C1=Cc2ccc(-c3cccc(S(N)(=O)=O)c3)cc2N=C(CC(=O)OC(C)(C)C)C1. The number of nitrogens with zero attached hydrogens (tertiary/aromatic N) is 2. The van der Waals surface area contributed by atoms with Crippen LogP contribution in [0, 0.1) is 0 Å². The predicted octanol–water partition coefficient (Wildman–Crippen LogP) is 5.24. The van der Waals surface area contributed by atoms with Crippen molar-refractivity contribution >= 4 is 39.4 Å². The molecule has 0 aromatic heterocycles. The fourth-order valence-corrected chi connectivity index (χ4v) is 4.86. The molecule has 0 radical (unpaired) electrons. The molecule has 0 bridgehead atoms. The first kappa shape index (κ1) is 29.3. The maximum absolute atomic E-state index is 13.5. The highest BCUT2D eigenvalue weighted by molar-refractivity contribution is 7.89. The number of esters is 1. The molecular weight excluding hydrogens is 502 g/mol. The van der Waals surface area contributed by atoms with Crippen molar-refractivity contribution in [2.45, 2.75) is 70.8 Å². The summed E-state index contributed by atoms with van der Waals surface area (Å²) in [6, 6.07) is 11.9. The van der Waals surface area contributed by atoms with Crippen molar-refractivity contribution in [2.75, 3.05) is 13.1 Å². The third-order valence-corrected chi connectivity index (χ3v) is 6.76. The summed E-state index contributed by atoms with van der Waals surface area (Å²) in [5, 5.41) is 5.32. The minimum absolute atomic E-state index is 0.0128. The Morgan fingerprint density at radius 3 is 2.29 bits per heavy atom. The van der Waals surface area contributed by atoms with Crippen LogP contribution in [-0.4, -0.2) is 49.6 Å². The molecule has 38 heavy (non-hydrogen) atoms. The molecular formula is C29H37N3O5S. The number of amides is 1. The first-order valence-corrected chi connectivity index (χ1v) is 14.4. The third-order valence-electron chi connectivity index (χ3n) is 5.85. The highest BCUT2D eigenvalue weighted by atomic mass is 32.2. The van der Waals surface area contributed by atoms with Crippen LogP contribution in [0.3, 0.4) is 0 Å². The molecule has 3 rings (SSSR count). The van der Waals surface area contributed by atoms with E-state index in [1.807, 2.05) is 43.0 Å². The number of ether oxygens (including phenoxy) is 1. The summed E-state index contributed by atoms with van der Waals surface area (Å²) >= 11 is 0. The minimum atomic E-state index is -3.86. The number of benzene rings is 2. The number of carbonyl (C=O) groups is 2. The lowest BCUT2D eigenvalue weighted by atomic mass is 10.00. The number of fused-ring (bicyclic) bond motifs is 1. The second kappa shape index (κ2) is 12.0. The van der Waals surface area contributed by atoms with Crippen LogP contribution in [0.1, 0.15) is 65.9 Å². The van der Waals surface area contributed by atoms with Gasteiger partial charge in [-0.2, -0.15) is 0 Å². The number of hydrogen-bond donors (Lipinski definition) is 1. The summed E-state index contributed by atoms with van der Waals surface area (Å²) in [4.78, 5) is 32.9. The first-order valence-electron chi connectivity index (χ1n) is 12.9. The summed E-state index contributed by atoms with van der Waals surface area (Å²) in [5.74, 6) is -0.481. The summed E-state index contributed by atoms with van der Waals surface area (Å²) in [5.41, 5.74) is 3.17. The van der Waals surface area contributed by atoms with Gasteiger partial charge in [-0.05, 0) is 69.0 Å². The van der Waals surface area contributed by atoms with Gasteiger partial charge in [0.15, 0.2) is 0 Å². The van der Waals surface area contributed by atoms with Gasteiger partial charge in [0.05, 0.1) is 17.0 Å². The quantitative estimate of drug-likeness (QED) is 0.437. The van der Waals surface area contributed by atoms with E-state index in [0.717, 1.165) is 24.0 Å². The Morgan fingerprint density at radius 1 is 1.03 bits per heavy atom. The Bertz CT molecular complexity index is 1360. The first-order chi connectivity index (χ1) is 17.8. The molecule has 9 heteroatoms. The van der Waals surface area contributed by atoms with E-state index in [-0.39, 0.29) is 23.6 Å². The zero-order valence-electron chi connectivity index (χ0n) is 22.8. The van der Waals surface area contributed by atoms with Gasteiger partial charge in [-0.1, -0.05) is 38.1 Å². The largest absolute Gasteiger partial charge is 0.460 e. The number of aliphatic imine (C=N–C) groups is 1. The predicted molar refractivity (Wildman–Crippen MR) is 151 cm³/mol. The lowest BCUT2D eigenvalue weighted by Gasteiger charge is -2.23. The summed E-state index contributed by atoms with van der Waals surface area (Å²) in [6.07, 6.45) is 3.71. The van der Waals surface area contributed by atoms with E-state index < -0.39 is 21.6 Å². The fraction of sp³-hybridized carbons (Fsp3) is 0.414. The highest BCUT2D eigenvalue weighted by Crippen LogP contribution is 2.34. The van der Waals surface area contributed by atoms with Crippen molar-refractivity contribution in [1.29, 1.82) is 0 Å². The number of nitrogens with two attached hydrogens (primary N) is 1. The second-order valence-corrected chi connectivity index (χ2v) is 12.0. The number of primary sulfonamides is 1. The second-order valence-electron chi connectivity index (χ2n) is 10.4. The molecule has 204 valence electrons. The monoisotopic (exact) mass is 539 g/mol. The Kier molecular flexibility index (Phi) is 9.27. The van der Waals surface area contributed by atoms with Crippen LogP contribution in [0.4, 0.5) is 5.69 Å². The smallest absolute Gasteiger partial charge is 0.312 e. The molecule has 0 saturated heterocycles. The van der Waals surface area contributed by atoms with Crippen LogP contribution in [0.5, 0.6) is 0 Å². The minimum Gasteiger partial charge on any atom is -0.460 e. The van der Waals surface area contributed by atoms with Crippen LogP contribution < -0.4 is 5.14 Å². The van der Waals surface area contributed by atoms with Crippen LogP contribution in [0.25, 0.3) is 17.2 Å². The van der Waals surface area contributed by atoms with E-state index in [4.69, 9.17) is 14.9 Å². The Labute approximate surface area is 225 Å². The van der Waals surface area contributed by atoms with Crippen LogP contribution in [-0.2, 0) is 24.3 Å². The molecule has 0 spiro atoms. The summed E-state index contributed by atoms with van der Waals surface area (Å²) in [7, 11) is -3.86. The Balaban J connectivity index is 2.08. The van der Waals surface area contributed by atoms with Crippen LogP contribution >= 0.6 is 0 Å². The van der Waals surface area contributed by atoms with E-state index in [0.29, 0.717) is 35.6 Å². The maximum Gasteiger partial charge on any atom is 0.312 e. The molecule has 1 aliphatic rings. The van der Waals surface area contributed by atoms with Gasteiger partial charge >= 0.3 is 5.97 Å². The van der Waals surface area contributed by atoms with Gasteiger partial charge in [-0.3, -0.25) is 14.6 Å². The zero-order valence-corrected chi connectivity index (χ0v) is 23.6. The lowest BCUT2D eigenvalue weighted by molar-refractivity contribution is -0.153. The van der Waals surface area contributed by atoms with Gasteiger partial charge in [0.25, 0.3) is 0 Å². The number of sulfonamides is 1. The molecule has 0 unspecified atom stereocenters. The van der Waals surface area contributed by atoms with E-state index >= 15 is 0 Å². The maximum atomic E-state index is 13.5. The molecule has 2 aromatic rings. The molecule has 0 fully saturated rings. The van der Waals surface area contributed by atoms with Crippen molar-refractivity contribution in [1.82, 2.24) is 4.90 Å². The fourth-order valence-electron chi connectivity index (χ4n) is 4.30. The van der Waals surface area contributed by atoms with Crippen molar-refractivity contribution < 1.29 is 22.7 Å². The molecule has 0 atom stereocenters. The van der Waals surface area contributed by atoms with Crippen molar-refractivity contribution in [3.63, 3.8) is 0 Å². The Hall–Kier alpha value is -3.30. The van der Waals surface area contributed by atoms with Gasteiger partial charge < -0.3 is 9.64 Å². The van der Waals surface area contributed by atoms with Crippen molar-refractivity contribution in [3.8, 4) is 11.1 Å². The summed E-state index contributed by atoms with van der Waals surface area (Å²) in [6.45, 7) is 10.8. The average Bonchev–Trinajstić information content (AvgIpc) is 3.00. The number of rotatable bonds is 9. The zero-order chi connectivity index (χ0) is 28.1. The molecule has 0 saturated carbocycles. The standard InChI is InChI=1S/C29H37N3O5S/c1-6-13-32(14-7-2)28(34)23-15-22-12-11-21(20-9-8-10-25(17-20)38(30,35)36)18-26(22)31-24(16-23)19-27(33)37-29(3,4)5/h8-12,15,17-18H,6-7,13-14,16,19H2,1-5H3,(H2,30,35,36). The van der Waals surface area contributed by atoms with Crippen molar-refractivity contribution in [2.24, 2.45) is 10.1 Å². The lowest BCUT2D eigenvalue weighted by Crippen LogP contribution is -2.34. The van der Waals surface area contributed by atoms with E-state index in [2.05, 4.69) is 0 Å². The topological polar surface area (TPSA) is 119 Å². The highest BCUT2D eigenvalue weighted by Gasteiger charge is 2.25. The van der Waals surface area contributed by atoms with Gasteiger partial charge in [0.2, 0.25) is 15.9 Å². The number of hydrogen-bond acceptors (Lipinski definition) is 6. The van der Waals surface area contributed by atoms with Gasteiger partial charge in [0, 0.05) is 36.4 Å². The molecule has 2 aromatic carbocycles. The van der Waals surface area contributed by atoms with E-state index in [9.17, 15) is 18.0 Å². The molecule has 1 heterocycles. The number of carbonyl (C=O) groups excluding carboxylic acids is 2. The molecule has 0 aliphatic carbocycles. The summed E-state index contributed by atoms with van der Waals surface area (Å²) < 4.78 is 29.2. The van der Waals surface area contributed by atoms with Gasteiger partial charge in [-0.25, -0.2) is 13.6 Å². The van der Waals surface area contributed by atoms with Gasteiger partial charge in [0.1, 0.15) is 5.60 Å². The van der Waals surface area contributed by atoms with Crippen LogP contribution in [0.15, 0.2) is 57.9 Å². The van der Waals surface area contributed by atoms with Crippen LogP contribution in [0.2, 0.25) is 0 Å². The molecule has 1 amide bonds. The molecule has 2 N–H and O–H groups in total. The van der Waals surface area contributed by atoms with E-state index in [1.54, 1.807) is 32.9 Å². The Morgan fingerprint density at radius 2 is 1.68 bits per heavy atom. The van der Waals surface area contributed by atoms with Crippen molar-refractivity contribution in [3.05, 3.63) is 53.6 Å². The van der Waals surface area contributed by atoms with Gasteiger partial charge in [-0.15, -0.1) is 0 Å². The molecule has 8 nitrogen and oxygen atoms in total. The normalized spacial score (nSPS) is 13.6. The third kappa shape index (κ3) is 7.85. The molecule has 1 aliphatic heterocycles.